The van der Waals surface area contributed by atoms with Gasteiger partial charge in [-0.1, -0.05) is 23.7 Å². The number of carbonyl (C=O) groups excluding carboxylic acids is 2. The number of nitrogens with one attached hydrogen (secondary N) is 1. The van der Waals surface area contributed by atoms with E-state index in [9.17, 15) is 19.5 Å². The fourth-order valence-corrected chi connectivity index (χ4v) is 3.11. The number of para-hydroxylation sites is 1. The predicted octanol–water partition coefficient (Wildman–Crippen LogP) is 1.67. The first kappa shape index (κ1) is 15.8. The molecule has 1 heterocycles. The molecule has 2 fully saturated rings. The van der Waals surface area contributed by atoms with Gasteiger partial charge < -0.3 is 15.3 Å². The summed E-state index contributed by atoms with van der Waals surface area (Å²) in [6.45, 7) is 0.214. The maximum atomic E-state index is 12.3. The average molecular weight is 337 g/mol. The molecular formula is C16H17ClN2O4. The van der Waals surface area contributed by atoms with E-state index in [0.29, 0.717) is 10.7 Å². The van der Waals surface area contributed by atoms with Crippen LogP contribution in [0.15, 0.2) is 24.3 Å². The van der Waals surface area contributed by atoms with Gasteiger partial charge in [0.2, 0.25) is 11.8 Å². The SMILES string of the molecule is O=C(NC(C(=O)O)C1CC1)C1CC(=O)N(c2ccccc2Cl)C1. The zero-order valence-corrected chi connectivity index (χ0v) is 13.1. The summed E-state index contributed by atoms with van der Waals surface area (Å²) in [6, 6.07) is 6.10. The lowest BCUT2D eigenvalue weighted by molar-refractivity contribution is -0.143. The van der Waals surface area contributed by atoms with Crippen LogP contribution in [0.2, 0.25) is 5.02 Å². The molecule has 2 aliphatic rings. The highest BCUT2D eigenvalue weighted by Gasteiger charge is 2.41. The first-order chi connectivity index (χ1) is 11.0. The molecule has 1 aromatic rings. The third-order valence-corrected chi connectivity index (χ3v) is 4.62. The van der Waals surface area contributed by atoms with E-state index in [-0.39, 0.29) is 30.7 Å². The second-order valence-corrected chi connectivity index (χ2v) is 6.43. The smallest absolute Gasteiger partial charge is 0.326 e. The molecule has 3 rings (SSSR count). The van der Waals surface area contributed by atoms with Gasteiger partial charge in [0.1, 0.15) is 6.04 Å². The minimum atomic E-state index is -1.02. The molecule has 2 amide bonds. The van der Waals surface area contributed by atoms with Crippen molar-refractivity contribution >= 4 is 35.1 Å². The Morgan fingerprint density at radius 1 is 1.30 bits per heavy atom. The normalized spacial score (nSPS) is 22.0. The minimum absolute atomic E-state index is 0.00762. The van der Waals surface area contributed by atoms with Crippen molar-refractivity contribution in [3.8, 4) is 0 Å². The van der Waals surface area contributed by atoms with Crippen molar-refractivity contribution in [2.45, 2.75) is 25.3 Å². The molecule has 2 unspecified atom stereocenters. The molecule has 23 heavy (non-hydrogen) atoms. The Morgan fingerprint density at radius 3 is 2.61 bits per heavy atom. The maximum absolute atomic E-state index is 12.3. The van der Waals surface area contributed by atoms with Crippen molar-refractivity contribution in [3.05, 3.63) is 29.3 Å². The van der Waals surface area contributed by atoms with E-state index in [4.69, 9.17) is 11.6 Å². The number of hydrogen-bond donors (Lipinski definition) is 2. The summed E-state index contributed by atoms with van der Waals surface area (Å²) in [7, 11) is 0. The van der Waals surface area contributed by atoms with Crippen molar-refractivity contribution in [2.24, 2.45) is 11.8 Å². The van der Waals surface area contributed by atoms with Gasteiger partial charge in [0.05, 0.1) is 16.6 Å². The van der Waals surface area contributed by atoms with Gasteiger partial charge in [-0.3, -0.25) is 9.59 Å². The molecule has 1 saturated carbocycles. The monoisotopic (exact) mass is 336 g/mol. The van der Waals surface area contributed by atoms with Crippen LogP contribution in [0.25, 0.3) is 0 Å². The van der Waals surface area contributed by atoms with E-state index in [0.717, 1.165) is 12.8 Å². The maximum Gasteiger partial charge on any atom is 0.326 e. The largest absolute Gasteiger partial charge is 0.480 e. The summed E-state index contributed by atoms with van der Waals surface area (Å²) in [4.78, 5) is 37.2. The minimum Gasteiger partial charge on any atom is -0.480 e. The van der Waals surface area contributed by atoms with E-state index in [1.165, 1.54) is 4.90 Å². The van der Waals surface area contributed by atoms with Crippen LogP contribution < -0.4 is 10.2 Å². The molecule has 1 saturated heterocycles. The van der Waals surface area contributed by atoms with Crippen molar-refractivity contribution < 1.29 is 19.5 Å². The molecule has 0 radical (unpaired) electrons. The molecule has 0 aromatic heterocycles. The number of rotatable bonds is 5. The summed E-state index contributed by atoms with van der Waals surface area (Å²) < 4.78 is 0. The predicted molar refractivity (Wildman–Crippen MR) is 84.2 cm³/mol. The first-order valence-corrected chi connectivity index (χ1v) is 7.93. The Labute approximate surface area is 138 Å². The van der Waals surface area contributed by atoms with E-state index in [1.54, 1.807) is 24.3 Å². The lowest BCUT2D eigenvalue weighted by atomic mass is 10.1. The molecule has 1 aliphatic carbocycles. The summed E-state index contributed by atoms with van der Waals surface area (Å²) in [5.41, 5.74) is 0.575. The Balaban J connectivity index is 1.68. The van der Waals surface area contributed by atoms with Crippen LogP contribution in [0.3, 0.4) is 0 Å². The van der Waals surface area contributed by atoms with E-state index in [1.807, 2.05) is 0 Å². The second-order valence-electron chi connectivity index (χ2n) is 6.02. The molecule has 122 valence electrons. The Kier molecular flexibility index (Phi) is 4.26. The summed E-state index contributed by atoms with van der Waals surface area (Å²) in [6.07, 6.45) is 1.69. The fraction of sp³-hybridized carbons (Fsp3) is 0.438. The standard InChI is InChI=1S/C16H17ClN2O4/c17-11-3-1-2-4-12(11)19-8-10(7-13(19)20)15(21)18-14(16(22)23)9-5-6-9/h1-4,9-10,14H,5-8H2,(H,18,21)(H,22,23). The number of amides is 2. The molecule has 7 heteroatoms. The number of halogens is 1. The third kappa shape index (κ3) is 3.32. The first-order valence-electron chi connectivity index (χ1n) is 7.55. The van der Waals surface area contributed by atoms with E-state index < -0.39 is 17.9 Å². The fourth-order valence-electron chi connectivity index (χ4n) is 2.87. The molecular weight excluding hydrogens is 320 g/mol. The van der Waals surface area contributed by atoms with Crippen molar-refractivity contribution in [1.29, 1.82) is 0 Å². The van der Waals surface area contributed by atoms with Crippen LogP contribution in [0.4, 0.5) is 5.69 Å². The molecule has 2 N–H and O–H groups in total. The van der Waals surface area contributed by atoms with Gasteiger partial charge >= 0.3 is 5.97 Å². The van der Waals surface area contributed by atoms with Gasteiger partial charge in [0.15, 0.2) is 0 Å². The van der Waals surface area contributed by atoms with Crippen LogP contribution in [0, 0.1) is 11.8 Å². The number of carbonyl (C=O) groups is 3. The van der Waals surface area contributed by atoms with Crippen LogP contribution >= 0.6 is 11.6 Å². The molecule has 0 spiro atoms. The van der Waals surface area contributed by atoms with Gasteiger partial charge in [0.25, 0.3) is 0 Å². The average Bonchev–Trinajstić information content (AvgIpc) is 3.27. The number of carboxylic acids is 1. The zero-order valence-electron chi connectivity index (χ0n) is 12.4. The molecule has 0 bridgehead atoms. The number of benzene rings is 1. The Hall–Kier alpha value is -2.08. The Bertz CT molecular complexity index is 659. The van der Waals surface area contributed by atoms with Crippen LogP contribution in [0.1, 0.15) is 19.3 Å². The van der Waals surface area contributed by atoms with Crippen molar-refractivity contribution in [3.63, 3.8) is 0 Å². The van der Waals surface area contributed by atoms with Gasteiger partial charge in [0, 0.05) is 13.0 Å². The summed E-state index contributed by atoms with van der Waals surface area (Å²) in [5, 5.41) is 12.2. The number of aliphatic carboxylic acids is 1. The highest BCUT2D eigenvalue weighted by Crippen LogP contribution is 2.34. The van der Waals surface area contributed by atoms with Gasteiger partial charge in [-0.15, -0.1) is 0 Å². The number of carboxylic acid groups (broad SMARTS) is 1. The third-order valence-electron chi connectivity index (χ3n) is 4.30. The highest BCUT2D eigenvalue weighted by atomic mass is 35.5. The van der Waals surface area contributed by atoms with Crippen molar-refractivity contribution in [1.82, 2.24) is 5.32 Å². The summed E-state index contributed by atoms with van der Waals surface area (Å²) in [5.74, 6) is -2.13. The highest BCUT2D eigenvalue weighted by molar-refractivity contribution is 6.33. The van der Waals surface area contributed by atoms with Crippen LogP contribution in [-0.2, 0) is 14.4 Å². The second kappa shape index (κ2) is 6.20. The van der Waals surface area contributed by atoms with E-state index in [2.05, 4.69) is 5.32 Å². The number of hydrogen-bond acceptors (Lipinski definition) is 3. The quantitative estimate of drug-likeness (QED) is 0.856. The zero-order chi connectivity index (χ0) is 16.6. The lowest BCUT2D eigenvalue weighted by Crippen LogP contribution is -2.45. The van der Waals surface area contributed by atoms with Crippen LogP contribution in [0.5, 0.6) is 0 Å². The summed E-state index contributed by atoms with van der Waals surface area (Å²) >= 11 is 6.10. The molecule has 2 atom stereocenters. The topological polar surface area (TPSA) is 86.7 Å². The number of anilines is 1. The van der Waals surface area contributed by atoms with Crippen molar-refractivity contribution in [2.75, 3.05) is 11.4 Å². The molecule has 6 nitrogen and oxygen atoms in total. The Morgan fingerprint density at radius 2 is 2.00 bits per heavy atom. The van der Waals surface area contributed by atoms with E-state index >= 15 is 0 Å². The lowest BCUT2D eigenvalue weighted by Gasteiger charge is -2.19. The van der Waals surface area contributed by atoms with Gasteiger partial charge in [-0.2, -0.15) is 0 Å². The molecule has 1 aliphatic heterocycles. The molecule has 1 aromatic carbocycles. The van der Waals surface area contributed by atoms with Gasteiger partial charge in [-0.05, 0) is 30.9 Å². The number of nitrogens with zero attached hydrogens (tertiary/aromatic N) is 1. The van der Waals surface area contributed by atoms with Gasteiger partial charge in [-0.25, -0.2) is 4.79 Å². The van der Waals surface area contributed by atoms with Crippen LogP contribution in [-0.4, -0.2) is 35.5 Å².